The van der Waals surface area contributed by atoms with Crippen LogP contribution in [0.15, 0.2) is 48.5 Å². The first kappa shape index (κ1) is 20.1. The van der Waals surface area contributed by atoms with Crippen LogP contribution >= 0.6 is 23.4 Å². The maximum absolute atomic E-state index is 12.6. The Labute approximate surface area is 162 Å². The SMILES string of the molecule is COc1ccc(NC(=O)[C@@H](CCSC)NC(=O)c2ccccc2)cc1Cl. The van der Waals surface area contributed by atoms with Crippen LogP contribution in [-0.2, 0) is 4.79 Å². The summed E-state index contributed by atoms with van der Waals surface area (Å²) in [4.78, 5) is 25.0. The van der Waals surface area contributed by atoms with Crippen molar-refractivity contribution in [2.24, 2.45) is 0 Å². The summed E-state index contributed by atoms with van der Waals surface area (Å²) in [5, 5.41) is 6.00. The molecule has 0 aromatic heterocycles. The molecule has 5 nitrogen and oxygen atoms in total. The molecule has 0 radical (unpaired) electrons. The normalized spacial score (nSPS) is 11.5. The van der Waals surface area contributed by atoms with E-state index in [1.807, 2.05) is 12.3 Å². The summed E-state index contributed by atoms with van der Waals surface area (Å²) in [6, 6.07) is 13.2. The van der Waals surface area contributed by atoms with E-state index in [1.165, 1.54) is 7.11 Å². The summed E-state index contributed by atoms with van der Waals surface area (Å²) in [7, 11) is 1.52. The molecular formula is C19H21ClN2O3S. The second-order valence-electron chi connectivity index (χ2n) is 5.51. The molecule has 0 saturated heterocycles. The molecule has 0 aliphatic rings. The van der Waals surface area contributed by atoms with Gasteiger partial charge in [0.1, 0.15) is 11.8 Å². The van der Waals surface area contributed by atoms with Crippen LogP contribution < -0.4 is 15.4 Å². The third-order valence-electron chi connectivity index (χ3n) is 3.69. The number of ether oxygens (including phenoxy) is 1. The van der Waals surface area contributed by atoms with Crippen molar-refractivity contribution in [3.05, 3.63) is 59.1 Å². The number of amides is 2. The summed E-state index contributed by atoms with van der Waals surface area (Å²) >= 11 is 7.71. The Kier molecular flexibility index (Phi) is 7.81. The molecule has 2 amide bonds. The van der Waals surface area contributed by atoms with E-state index in [1.54, 1.807) is 54.2 Å². The Morgan fingerprint density at radius 1 is 1.19 bits per heavy atom. The van der Waals surface area contributed by atoms with Gasteiger partial charge < -0.3 is 15.4 Å². The predicted octanol–water partition coefficient (Wildman–Crippen LogP) is 3.84. The molecule has 7 heteroatoms. The van der Waals surface area contributed by atoms with Gasteiger partial charge in [-0.1, -0.05) is 29.8 Å². The molecule has 2 rings (SSSR count). The van der Waals surface area contributed by atoms with E-state index in [2.05, 4.69) is 10.6 Å². The number of carbonyl (C=O) groups excluding carboxylic acids is 2. The molecular weight excluding hydrogens is 372 g/mol. The van der Waals surface area contributed by atoms with Crippen molar-refractivity contribution in [1.82, 2.24) is 5.32 Å². The fraction of sp³-hybridized carbons (Fsp3) is 0.263. The number of benzene rings is 2. The number of hydrogen-bond acceptors (Lipinski definition) is 4. The van der Waals surface area contributed by atoms with Gasteiger partial charge in [-0.15, -0.1) is 0 Å². The number of methoxy groups -OCH3 is 1. The Morgan fingerprint density at radius 2 is 1.92 bits per heavy atom. The van der Waals surface area contributed by atoms with Gasteiger partial charge in [0.25, 0.3) is 5.91 Å². The number of halogens is 1. The molecule has 0 aliphatic heterocycles. The molecule has 2 N–H and O–H groups in total. The van der Waals surface area contributed by atoms with Gasteiger partial charge in [0.2, 0.25) is 5.91 Å². The predicted molar refractivity (Wildman–Crippen MR) is 107 cm³/mol. The van der Waals surface area contributed by atoms with E-state index in [9.17, 15) is 9.59 Å². The fourth-order valence-electron chi connectivity index (χ4n) is 2.31. The highest BCUT2D eigenvalue weighted by molar-refractivity contribution is 7.98. The molecule has 2 aromatic carbocycles. The molecule has 0 bridgehead atoms. The monoisotopic (exact) mass is 392 g/mol. The smallest absolute Gasteiger partial charge is 0.251 e. The first-order valence-electron chi connectivity index (χ1n) is 8.04. The minimum atomic E-state index is -0.643. The van der Waals surface area contributed by atoms with Crippen molar-refractivity contribution in [1.29, 1.82) is 0 Å². The van der Waals surface area contributed by atoms with Crippen molar-refractivity contribution < 1.29 is 14.3 Å². The summed E-state index contributed by atoms with van der Waals surface area (Å²) in [6.07, 6.45) is 2.48. The first-order chi connectivity index (χ1) is 12.5. The number of hydrogen-bond donors (Lipinski definition) is 2. The third-order valence-corrected chi connectivity index (χ3v) is 4.63. The third kappa shape index (κ3) is 5.68. The molecule has 1 atom stereocenters. The van der Waals surface area contributed by atoms with E-state index in [4.69, 9.17) is 16.3 Å². The molecule has 0 spiro atoms. The minimum Gasteiger partial charge on any atom is -0.495 e. The van der Waals surface area contributed by atoms with Crippen LogP contribution in [0.25, 0.3) is 0 Å². The van der Waals surface area contributed by atoms with Crippen LogP contribution in [0.1, 0.15) is 16.8 Å². The number of thioether (sulfide) groups is 1. The number of nitrogens with one attached hydrogen (secondary N) is 2. The van der Waals surface area contributed by atoms with Crippen LogP contribution in [0.5, 0.6) is 5.75 Å². The maximum Gasteiger partial charge on any atom is 0.251 e. The molecule has 0 aliphatic carbocycles. The average Bonchev–Trinajstić information content (AvgIpc) is 2.65. The summed E-state index contributed by atoms with van der Waals surface area (Å²) in [6.45, 7) is 0. The Balaban J connectivity index is 2.08. The van der Waals surface area contributed by atoms with E-state index in [-0.39, 0.29) is 11.8 Å². The van der Waals surface area contributed by atoms with Crippen LogP contribution in [0.4, 0.5) is 5.69 Å². The van der Waals surface area contributed by atoms with Gasteiger partial charge in [0.05, 0.1) is 12.1 Å². The van der Waals surface area contributed by atoms with Crippen LogP contribution in [0.2, 0.25) is 5.02 Å². The minimum absolute atomic E-state index is 0.278. The van der Waals surface area contributed by atoms with E-state index < -0.39 is 6.04 Å². The number of anilines is 1. The molecule has 2 aromatic rings. The quantitative estimate of drug-likeness (QED) is 0.716. The number of carbonyl (C=O) groups is 2. The highest BCUT2D eigenvalue weighted by Crippen LogP contribution is 2.27. The van der Waals surface area contributed by atoms with Crippen molar-refractivity contribution >= 4 is 40.9 Å². The van der Waals surface area contributed by atoms with E-state index in [0.29, 0.717) is 28.4 Å². The summed E-state index contributed by atoms with van der Waals surface area (Å²) < 4.78 is 5.10. The lowest BCUT2D eigenvalue weighted by molar-refractivity contribution is -0.118. The van der Waals surface area contributed by atoms with Crippen molar-refractivity contribution in [3.63, 3.8) is 0 Å². The molecule has 0 fully saturated rings. The van der Waals surface area contributed by atoms with Crippen molar-refractivity contribution in [2.75, 3.05) is 24.4 Å². The van der Waals surface area contributed by atoms with Gasteiger partial charge in [-0.25, -0.2) is 0 Å². The topological polar surface area (TPSA) is 67.4 Å². The Morgan fingerprint density at radius 3 is 2.54 bits per heavy atom. The zero-order valence-corrected chi connectivity index (χ0v) is 16.2. The van der Waals surface area contributed by atoms with Gasteiger partial charge in [-0.2, -0.15) is 11.8 Å². The zero-order chi connectivity index (χ0) is 18.9. The van der Waals surface area contributed by atoms with Crippen molar-refractivity contribution in [3.8, 4) is 5.75 Å². The highest BCUT2D eigenvalue weighted by Gasteiger charge is 2.21. The Bertz CT molecular complexity index is 756. The summed E-state index contributed by atoms with van der Waals surface area (Å²) in [5.74, 6) is 0.710. The number of rotatable bonds is 8. The van der Waals surface area contributed by atoms with Crippen LogP contribution in [0.3, 0.4) is 0 Å². The zero-order valence-electron chi connectivity index (χ0n) is 14.6. The fourth-order valence-corrected chi connectivity index (χ4v) is 3.04. The largest absolute Gasteiger partial charge is 0.495 e. The van der Waals surface area contributed by atoms with E-state index >= 15 is 0 Å². The van der Waals surface area contributed by atoms with Crippen LogP contribution in [-0.4, -0.2) is 37.0 Å². The van der Waals surface area contributed by atoms with Gasteiger partial charge in [-0.3, -0.25) is 9.59 Å². The highest BCUT2D eigenvalue weighted by atomic mass is 35.5. The van der Waals surface area contributed by atoms with Crippen LogP contribution in [0, 0.1) is 0 Å². The van der Waals surface area contributed by atoms with Crippen molar-refractivity contribution in [2.45, 2.75) is 12.5 Å². The lowest BCUT2D eigenvalue weighted by Gasteiger charge is -2.18. The second-order valence-corrected chi connectivity index (χ2v) is 6.90. The molecule has 0 heterocycles. The van der Waals surface area contributed by atoms with Gasteiger partial charge >= 0.3 is 0 Å². The first-order valence-corrected chi connectivity index (χ1v) is 9.81. The second kappa shape index (κ2) is 10.1. The van der Waals surface area contributed by atoms with E-state index in [0.717, 1.165) is 5.75 Å². The molecule has 0 saturated carbocycles. The Hall–Kier alpha value is -2.18. The lowest BCUT2D eigenvalue weighted by Crippen LogP contribution is -2.44. The molecule has 0 unspecified atom stereocenters. The molecule has 138 valence electrons. The standard InChI is InChI=1S/C19H21ClN2O3S/c1-25-17-9-8-14(12-15(17)20)21-19(24)16(10-11-26-2)22-18(23)13-6-4-3-5-7-13/h3-9,12,16H,10-11H2,1-2H3,(H,21,24)(H,22,23)/t16-/m1/s1. The van der Waals surface area contributed by atoms with Gasteiger partial charge in [0, 0.05) is 11.3 Å². The van der Waals surface area contributed by atoms with Gasteiger partial charge in [0.15, 0.2) is 0 Å². The summed E-state index contributed by atoms with van der Waals surface area (Å²) in [5.41, 5.74) is 1.06. The van der Waals surface area contributed by atoms with Gasteiger partial charge in [-0.05, 0) is 48.8 Å². The average molecular weight is 393 g/mol. The molecule has 26 heavy (non-hydrogen) atoms. The maximum atomic E-state index is 12.6. The lowest BCUT2D eigenvalue weighted by atomic mass is 10.1.